The zero-order valence-corrected chi connectivity index (χ0v) is 6.23. The summed E-state index contributed by atoms with van der Waals surface area (Å²) in [6.07, 6.45) is 5.72. The molecule has 0 saturated carbocycles. The van der Waals surface area contributed by atoms with E-state index in [9.17, 15) is 0 Å². The second kappa shape index (κ2) is 5.42. The molecule has 0 amide bonds. The van der Waals surface area contributed by atoms with Crippen molar-refractivity contribution in [2.75, 3.05) is 0 Å². The molecular formula is C10H11F. The van der Waals surface area contributed by atoms with E-state index in [1.807, 2.05) is 30.4 Å². The summed E-state index contributed by atoms with van der Waals surface area (Å²) >= 11 is 0. The van der Waals surface area contributed by atoms with Crippen molar-refractivity contribution in [1.82, 2.24) is 0 Å². The van der Waals surface area contributed by atoms with Crippen LogP contribution in [-0.2, 0) is 0 Å². The fourth-order valence-electron chi connectivity index (χ4n) is 0.743. The van der Waals surface area contributed by atoms with E-state index in [0.717, 1.165) is 0 Å². The van der Waals surface area contributed by atoms with Gasteiger partial charge >= 0.3 is 0 Å². The molecule has 0 saturated heterocycles. The van der Waals surface area contributed by atoms with Gasteiger partial charge in [0.05, 0.1) is 0 Å². The normalized spacial score (nSPS) is 9.09. The molecule has 58 valence electrons. The molecule has 0 unspecified atom stereocenters. The van der Waals surface area contributed by atoms with Crippen LogP contribution in [-0.4, -0.2) is 0 Å². The van der Waals surface area contributed by atoms with Crippen LogP contribution < -0.4 is 0 Å². The van der Waals surface area contributed by atoms with E-state index in [1.165, 1.54) is 5.56 Å². The first-order valence-electron chi connectivity index (χ1n) is 3.27. The third-order valence-corrected chi connectivity index (χ3v) is 1.22. The van der Waals surface area contributed by atoms with Crippen molar-refractivity contribution in [3.63, 3.8) is 0 Å². The molecule has 0 aliphatic rings. The lowest BCUT2D eigenvalue weighted by Gasteiger charge is -1.87. The number of rotatable bonds is 2. The van der Waals surface area contributed by atoms with Crippen molar-refractivity contribution in [3.8, 4) is 0 Å². The summed E-state index contributed by atoms with van der Waals surface area (Å²) < 4.78 is 0. The highest BCUT2D eigenvalue weighted by Crippen LogP contribution is 1.99. The van der Waals surface area contributed by atoms with Gasteiger partial charge in [-0.05, 0) is 5.56 Å². The molecular weight excluding hydrogens is 139 g/mol. The highest BCUT2D eigenvalue weighted by atomic mass is 19.0. The van der Waals surface area contributed by atoms with Crippen molar-refractivity contribution in [1.29, 1.82) is 0 Å². The molecule has 0 N–H and O–H groups in total. The number of allylic oxidation sites excluding steroid dienone is 2. The molecule has 0 spiro atoms. The largest absolute Gasteiger partial charge is 0.269 e. The Kier molecular flexibility index (Phi) is 4.74. The van der Waals surface area contributed by atoms with Gasteiger partial charge in [0.2, 0.25) is 0 Å². The number of hydrogen-bond acceptors (Lipinski definition) is 0. The lowest BCUT2D eigenvalue weighted by Crippen LogP contribution is -1.65. The highest BCUT2D eigenvalue weighted by Gasteiger charge is 1.78. The molecule has 0 aromatic heterocycles. The van der Waals surface area contributed by atoms with Crippen molar-refractivity contribution in [3.05, 3.63) is 54.6 Å². The van der Waals surface area contributed by atoms with Crippen LogP contribution in [0.2, 0.25) is 0 Å². The lowest BCUT2D eigenvalue weighted by atomic mass is 10.2. The first-order chi connectivity index (χ1) is 4.93. The second-order valence-electron chi connectivity index (χ2n) is 2.01. The fraction of sp³-hybridized carbons (Fsp3) is 0. The van der Waals surface area contributed by atoms with Gasteiger partial charge in [0.15, 0.2) is 0 Å². The topological polar surface area (TPSA) is 0 Å². The monoisotopic (exact) mass is 150 g/mol. The standard InChI is InChI=1S/C10H10.FH/c1-2-3-7-10-8-5-4-6-9-10;/h2-9H,1H2;1H. The maximum atomic E-state index is 3.59. The molecule has 0 aliphatic carbocycles. The van der Waals surface area contributed by atoms with E-state index in [0.29, 0.717) is 0 Å². The molecule has 1 rings (SSSR count). The summed E-state index contributed by atoms with van der Waals surface area (Å²) in [5, 5.41) is 0. The predicted octanol–water partition coefficient (Wildman–Crippen LogP) is 3.04. The molecule has 1 heteroatoms. The van der Waals surface area contributed by atoms with Crippen LogP contribution in [0.25, 0.3) is 6.08 Å². The summed E-state index contributed by atoms with van der Waals surface area (Å²) in [5.41, 5.74) is 1.21. The Morgan fingerprint density at radius 1 is 1.09 bits per heavy atom. The zero-order valence-electron chi connectivity index (χ0n) is 6.23. The molecule has 0 fully saturated rings. The minimum Gasteiger partial charge on any atom is -0.269 e. The molecule has 0 atom stereocenters. The second-order valence-corrected chi connectivity index (χ2v) is 2.01. The zero-order chi connectivity index (χ0) is 7.23. The van der Waals surface area contributed by atoms with E-state index in [1.54, 1.807) is 6.08 Å². The summed E-state index contributed by atoms with van der Waals surface area (Å²) in [6, 6.07) is 10.1. The van der Waals surface area contributed by atoms with E-state index in [2.05, 4.69) is 18.7 Å². The van der Waals surface area contributed by atoms with Crippen LogP contribution in [0, 0.1) is 0 Å². The van der Waals surface area contributed by atoms with Crippen LogP contribution in [0.15, 0.2) is 49.1 Å². The third-order valence-electron chi connectivity index (χ3n) is 1.22. The van der Waals surface area contributed by atoms with E-state index in [4.69, 9.17) is 0 Å². The molecule has 0 nitrogen and oxygen atoms in total. The van der Waals surface area contributed by atoms with Crippen molar-refractivity contribution in [2.45, 2.75) is 0 Å². The van der Waals surface area contributed by atoms with Crippen LogP contribution >= 0.6 is 0 Å². The Hall–Kier alpha value is -1.37. The summed E-state index contributed by atoms with van der Waals surface area (Å²) in [5.74, 6) is 0. The molecule has 0 heterocycles. The Labute approximate surface area is 66.2 Å². The van der Waals surface area contributed by atoms with Crippen LogP contribution in [0.5, 0.6) is 0 Å². The van der Waals surface area contributed by atoms with E-state index in [-0.39, 0.29) is 4.70 Å². The van der Waals surface area contributed by atoms with Crippen molar-refractivity contribution >= 4 is 6.08 Å². The van der Waals surface area contributed by atoms with Gasteiger partial charge in [-0.2, -0.15) is 0 Å². The first-order valence-corrected chi connectivity index (χ1v) is 3.27. The number of hydrogen-bond donors (Lipinski definition) is 0. The van der Waals surface area contributed by atoms with Crippen molar-refractivity contribution in [2.24, 2.45) is 0 Å². The van der Waals surface area contributed by atoms with Gasteiger partial charge in [-0.15, -0.1) is 0 Å². The fourth-order valence-corrected chi connectivity index (χ4v) is 0.743. The average Bonchev–Trinajstić information content (AvgIpc) is 2.03. The van der Waals surface area contributed by atoms with Gasteiger partial charge in [0.1, 0.15) is 0 Å². The summed E-state index contributed by atoms with van der Waals surface area (Å²) in [4.78, 5) is 0. The van der Waals surface area contributed by atoms with Gasteiger partial charge in [-0.25, -0.2) is 0 Å². The van der Waals surface area contributed by atoms with Gasteiger partial charge in [0, 0.05) is 0 Å². The first kappa shape index (κ1) is 9.63. The van der Waals surface area contributed by atoms with Gasteiger partial charge in [-0.3, -0.25) is 4.70 Å². The van der Waals surface area contributed by atoms with Gasteiger partial charge < -0.3 is 0 Å². The maximum absolute atomic E-state index is 3.59. The maximum Gasteiger partial charge on any atom is -0.0257 e. The van der Waals surface area contributed by atoms with Crippen molar-refractivity contribution < 1.29 is 4.70 Å². The Balaban J connectivity index is 0.000001000. The predicted molar refractivity (Wildman–Crippen MR) is 48.2 cm³/mol. The minimum atomic E-state index is 0. The minimum absolute atomic E-state index is 0. The summed E-state index contributed by atoms with van der Waals surface area (Å²) in [6.45, 7) is 3.59. The molecule has 1 aromatic carbocycles. The number of benzene rings is 1. The molecule has 0 radical (unpaired) electrons. The smallest absolute Gasteiger partial charge is 0.0257 e. The van der Waals surface area contributed by atoms with E-state index < -0.39 is 0 Å². The number of halogens is 1. The van der Waals surface area contributed by atoms with Crippen LogP contribution in [0.1, 0.15) is 5.56 Å². The van der Waals surface area contributed by atoms with Gasteiger partial charge in [-0.1, -0.05) is 55.1 Å². The third kappa shape index (κ3) is 3.36. The highest BCUT2D eigenvalue weighted by molar-refractivity contribution is 5.50. The molecule has 0 bridgehead atoms. The Morgan fingerprint density at radius 3 is 2.27 bits per heavy atom. The van der Waals surface area contributed by atoms with E-state index >= 15 is 0 Å². The average molecular weight is 150 g/mol. The SMILES string of the molecule is C=CC=Cc1ccccc1.F. The quantitative estimate of drug-likeness (QED) is 0.568. The van der Waals surface area contributed by atoms with Crippen LogP contribution in [0.4, 0.5) is 4.70 Å². The molecule has 1 aromatic rings. The van der Waals surface area contributed by atoms with Gasteiger partial charge in [0.25, 0.3) is 0 Å². The Morgan fingerprint density at radius 2 is 1.73 bits per heavy atom. The molecule has 0 aliphatic heterocycles. The molecule has 11 heavy (non-hydrogen) atoms. The Bertz CT molecular complexity index is 224. The lowest BCUT2D eigenvalue weighted by molar-refractivity contribution is 1.11. The van der Waals surface area contributed by atoms with Crippen LogP contribution in [0.3, 0.4) is 0 Å². The summed E-state index contributed by atoms with van der Waals surface area (Å²) in [7, 11) is 0.